The number of hydrogen-bond donors (Lipinski definition) is 3. The van der Waals surface area contributed by atoms with Gasteiger partial charge in [0.1, 0.15) is 13.2 Å². The summed E-state index contributed by atoms with van der Waals surface area (Å²) in [6.45, 7) is 5.19. The van der Waals surface area contributed by atoms with E-state index in [1.54, 1.807) is 0 Å². The van der Waals surface area contributed by atoms with Crippen LogP contribution in [0.4, 0.5) is 9.59 Å². The number of carbonyl (C=O) groups is 3. The van der Waals surface area contributed by atoms with Gasteiger partial charge in [-0.05, 0) is 25.7 Å². The topological polar surface area (TPSA) is 143 Å². The molecule has 0 saturated heterocycles. The van der Waals surface area contributed by atoms with E-state index >= 15 is 0 Å². The zero-order valence-corrected chi connectivity index (χ0v) is 23.4. The monoisotopic (exact) mass is 569 g/mol. The second-order valence-electron chi connectivity index (χ2n) is 8.16. The van der Waals surface area contributed by atoms with Crippen LogP contribution in [0.15, 0.2) is 0 Å². The van der Waals surface area contributed by atoms with Gasteiger partial charge in [0.15, 0.2) is 0 Å². The molecule has 3 amide bonds. The quantitative estimate of drug-likeness (QED) is 0.0703. The van der Waals surface area contributed by atoms with Crippen LogP contribution in [0.25, 0.3) is 0 Å². The van der Waals surface area contributed by atoms with E-state index in [0.717, 1.165) is 58.0 Å². The first kappa shape index (κ1) is 36.1. The highest BCUT2D eigenvalue weighted by atomic mass is 35.5. The molecule has 12 nitrogen and oxygen atoms in total. The van der Waals surface area contributed by atoms with Crippen molar-refractivity contribution in [3.63, 3.8) is 0 Å². The molecule has 3 N–H and O–H groups in total. The summed E-state index contributed by atoms with van der Waals surface area (Å²) < 4.78 is 31.5. The van der Waals surface area contributed by atoms with Crippen LogP contribution in [0, 0.1) is 0 Å². The predicted molar refractivity (Wildman–Crippen MR) is 144 cm³/mol. The van der Waals surface area contributed by atoms with Crippen molar-refractivity contribution in [2.45, 2.75) is 51.4 Å². The highest BCUT2D eigenvalue weighted by Crippen LogP contribution is 2.01. The Labute approximate surface area is 232 Å². The van der Waals surface area contributed by atoms with E-state index in [0.29, 0.717) is 65.0 Å². The molecule has 0 spiro atoms. The molecule has 0 aliphatic carbocycles. The van der Waals surface area contributed by atoms with E-state index < -0.39 is 12.2 Å². The van der Waals surface area contributed by atoms with Gasteiger partial charge in [-0.1, -0.05) is 25.7 Å². The normalized spacial score (nSPS) is 10.7. The first-order valence-corrected chi connectivity index (χ1v) is 14.1. The number of ether oxygens (including phenoxy) is 6. The zero-order valence-electron chi connectivity index (χ0n) is 22.7. The molecule has 0 bridgehead atoms. The number of unbranched alkanes of at least 4 members (excludes halogenated alkanes) is 6. The lowest BCUT2D eigenvalue weighted by atomic mass is 10.2. The SMILES string of the molecule is O=CNCCCCCCNC(=O)OCCOCCOCCOC(=O)NCCOCCOCCCCCCCl. The lowest BCUT2D eigenvalue weighted by Gasteiger charge is -2.09. The highest BCUT2D eigenvalue weighted by molar-refractivity contribution is 6.17. The number of rotatable bonds is 29. The average molecular weight is 570 g/mol. The van der Waals surface area contributed by atoms with Gasteiger partial charge in [0.05, 0.1) is 46.2 Å². The Balaban J connectivity index is 3.24. The van der Waals surface area contributed by atoms with E-state index in [1.807, 2.05) is 0 Å². The van der Waals surface area contributed by atoms with E-state index in [9.17, 15) is 14.4 Å². The number of amides is 3. The third-order valence-electron chi connectivity index (χ3n) is 4.95. The molecule has 0 fully saturated rings. The van der Waals surface area contributed by atoms with Crippen molar-refractivity contribution in [1.29, 1.82) is 0 Å². The largest absolute Gasteiger partial charge is 0.447 e. The number of hydrogen-bond acceptors (Lipinski definition) is 9. The molecule has 0 saturated carbocycles. The van der Waals surface area contributed by atoms with Gasteiger partial charge in [0, 0.05) is 32.1 Å². The highest BCUT2D eigenvalue weighted by Gasteiger charge is 2.02. The van der Waals surface area contributed by atoms with Crippen LogP contribution < -0.4 is 16.0 Å². The number of alkyl carbamates (subject to hydrolysis) is 2. The molecule has 0 heterocycles. The Kier molecular flexibility index (Phi) is 29.8. The van der Waals surface area contributed by atoms with Crippen molar-refractivity contribution >= 4 is 30.2 Å². The molecule has 0 unspecified atom stereocenters. The third kappa shape index (κ3) is 30.4. The van der Waals surface area contributed by atoms with Gasteiger partial charge in [-0.3, -0.25) is 4.79 Å². The standard InChI is InChI=1S/C25H48ClN3O9/c26-9-5-1-4-8-13-33-15-16-34-14-12-29-25(32)38-22-20-36-18-17-35-19-21-37-24(31)28-11-7-3-2-6-10-27-23-30/h23H,1-22H2,(H,27,30)(H,28,31)(H,29,32). The minimum absolute atomic E-state index is 0.129. The summed E-state index contributed by atoms with van der Waals surface area (Å²) in [6.07, 6.45) is 7.80. The van der Waals surface area contributed by atoms with Gasteiger partial charge in [-0.25, -0.2) is 9.59 Å². The molecule has 0 aliphatic rings. The average Bonchev–Trinajstić information content (AvgIpc) is 2.91. The Hall–Kier alpha value is -1.86. The number of nitrogens with one attached hydrogen (secondary N) is 3. The van der Waals surface area contributed by atoms with Crippen LogP contribution in [-0.2, 0) is 33.2 Å². The Morgan fingerprint density at radius 3 is 1.61 bits per heavy atom. The minimum atomic E-state index is -0.524. The molecule has 0 aromatic heterocycles. The van der Waals surface area contributed by atoms with Crippen molar-refractivity contribution < 1.29 is 42.8 Å². The summed E-state index contributed by atoms with van der Waals surface area (Å²) in [6, 6.07) is 0. The molecule has 0 aromatic carbocycles. The van der Waals surface area contributed by atoms with Crippen LogP contribution in [0.5, 0.6) is 0 Å². The maximum absolute atomic E-state index is 11.6. The predicted octanol–water partition coefficient (Wildman–Crippen LogP) is 2.61. The first-order valence-electron chi connectivity index (χ1n) is 13.6. The molecule has 0 atom stereocenters. The van der Waals surface area contributed by atoms with Crippen molar-refractivity contribution in [1.82, 2.24) is 16.0 Å². The van der Waals surface area contributed by atoms with E-state index in [4.69, 9.17) is 40.0 Å². The van der Waals surface area contributed by atoms with E-state index in [2.05, 4.69) is 16.0 Å². The molecule has 0 aromatic rings. The molecule has 0 rings (SSSR count). The lowest BCUT2D eigenvalue weighted by molar-refractivity contribution is -0.109. The number of halogens is 1. The Morgan fingerprint density at radius 1 is 0.526 bits per heavy atom. The maximum atomic E-state index is 11.6. The Morgan fingerprint density at radius 2 is 1.00 bits per heavy atom. The minimum Gasteiger partial charge on any atom is -0.447 e. The molecule has 0 aliphatic heterocycles. The summed E-state index contributed by atoms with van der Waals surface area (Å²) in [5.74, 6) is 0.716. The lowest BCUT2D eigenvalue weighted by Crippen LogP contribution is -2.29. The van der Waals surface area contributed by atoms with Gasteiger partial charge in [0.25, 0.3) is 0 Å². The third-order valence-corrected chi connectivity index (χ3v) is 5.22. The van der Waals surface area contributed by atoms with E-state index in [-0.39, 0.29) is 26.4 Å². The molecule has 38 heavy (non-hydrogen) atoms. The summed E-state index contributed by atoms with van der Waals surface area (Å²) in [5.41, 5.74) is 0. The summed E-state index contributed by atoms with van der Waals surface area (Å²) in [4.78, 5) is 33.2. The zero-order chi connectivity index (χ0) is 27.8. The second kappa shape index (κ2) is 31.4. The number of carbonyl (C=O) groups excluding carboxylic acids is 3. The second-order valence-corrected chi connectivity index (χ2v) is 8.54. The first-order chi connectivity index (χ1) is 18.7. The van der Waals surface area contributed by atoms with Crippen molar-refractivity contribution in [2.24, 2.45) is 0 Å². The summed E-state index contributed by atoms with van der Waals surface area (Å²) >= 11 is 5.63. The smallest absolute Gasteiger partial charge is 0.407 e. The van der Waals surface area contributed by atoms with Crippen LogP contribution in [0.3, 0.4) is 0 Å². The fraction of sp³-hybridized carbons (Fsp3) is 0.880. The van der Waals surface area contributed by atoms with Crippen LogP contribution in [0.2, 0.25) is 0 Å². The van der Waals surface area contributed by atoms with E-state index in [1.165, 1.54) is 0 Å². The van der Waals surface area contributed by atoms with Crippen molar-refractivity contribution in [2.75, 3.05) is 91.6 Å². The molecule has 13 heteroatoms. The van der Waals surface area contributed by atoms with Gasteiger partial charge < -0.3 is 44.4 Å². The van der Waals surface area contributed by atoms with Gasteiger partial charge in [-0.2, -0.15) is 0 Å². The fourth-order valence-electron chi connectivity index (χ4n) is 2.97. The molecular weight excluding hydrogens is 522 g/mol. The Bertz CT molecular complexity index is 548. The molecule has 0 radical (unpaired) electrons. The van der Waals surface area contributed by atoms with Crippen molar-refractivity contribution in [3.05, 3.63) is 0 Å². The van der Waals surface area contributed by atoms with Crippen LogP contribution >= 0.6 is 11.6 Å². The molecular formula is C25H48ClN3O9. The van der Waals surface area contributed by atoms with Gasteiger partial charge in [0.2, 0.25) is 6.41 Å². The van der Waals surface area contributed by atoms with Crippen LogP contribution in [-0.4, -0.2) is 110 Å². The van der Waals surface area contributed by atoms with Gasteiger partial charge in [-0.15, -0.1) is 11.6 Å². The van der Waals surface area contributed by atoms with Gasteiger partial charge >= 0.3 is 12.2 Å². The van der Waals surface area contributed by atoms with Crippen molar-refractivity contribution in [3.8, 4) is 0 Å². The fourth-order valence-corrected chi connectivity index (χ4v) is 3.15. The summed E-state index contributed by atoms with van der Waals surface area (Å²) in [7, 11) is 0. The maximum Gasteiger partial charge on any atom is 0.407 e. The summed E-state index contributed by atoms with van der Waals surface area (Å²) in [5, 5.41) is 7.89. The van der Waals surface area contributed by atoms with Crippen LogP contribution in [0.1, 0.15) is 51.4 Å². The number of alkyl halides is 1. The molecule has 224 valence electrons.